The molecule has 0 aliphatic carbocycles. The maximum atomic E-state index is 11.9. The molecule has 5 heteroatoms. The number of hydrogen-bond acceptors (Lipinski definition) is 3. The molecule has 0 aliphatic heterocycles. The Morgan fingerprint density at radius 2 is 1.90 bits per heavy atom. The van der Waals surface area contributed by atoms with Gasteiger partial charge in [0.1, 0.15) is 10.3 Å². The van der Waals surface area contributed by atoms with Crippen molar-refractivity contribution in [1.82, 2.24) is 9.97 Å². The first-order chi connectivity index (χ1) is 9.49. The summed E-state index contributed by atoms with van der Waals surface area (Å²) in [5.41, 5.74) is 3.99. The number of hydrogen-bond donors (Lipinski definition) is 1. The number of methoxy groups -OCH3 is 1. The van der Waals surface area contributed by atoms with Crippen molar-refractivity contribution in [3.05, 3.63) is 61.2 Å². The summed E-state index contributed by atoms with van der Waals surface area (Å²) in [6.45, 7) is 4.43. The highest BCUT2D eigenvalue weighted by atomic mass is 79.9. The first kappa shape index (κ1) is 14.9. The van der Waals surface area contributed by atoms with Crippen LogP contribution in [0.15, 0.2) is 27.5 Å². The molecule has 1 aromatic heterocycles. The van der Waals surface area contributed by atoms with E-state index >= 15 is 0 Å². The van der Waals surface area contributed by atoms with E-state index in [0.29, 0.717) is 29.0 Å². The number of rotatable bonds is 4. The van der Waals surface area contributed by atoms with Gasteiger partial charge in [-0.25, -0.2) is 4.98 Å². The highest BCUT2D eigenvalue weighted by molar-refractivity contribution is 9.10. The highest BCUT2D eigenvalue weighted by Gasteiger charge is 2.09. The van der Waals surface area contributed by atoms with Gasteiger partial charge in [0, 0.05) is 13.5 Å². The standard InChI is InChI=1S/C15H17BrN2O2/c1-9-4-10(2)6-11(5-9)7-13-17-12(8-20-3)14(16)15(19)18-13/h4-6H,7-8H2,1-3H3,(H,17,18,19). The molecule has 20 heavy (non-hydrogen) atoms. The fourth-order valence-electron chi connectivity index (χ4n) is 2.24. The quantitative estimate of drug-likeness (QED) is 0.933. The van der Waals surface area contributed by atoms with E-state index in [1.807, 2.05) is 0 Å². The largest absolute Gasteiger partial charge is 0.378 e. The Balaban J connectivity index is 2.36. The number of aromatic nitrogens is 2. The molecule has 0 atom stereocenters. The van der Waals surface area contributed by atoms with E-state index in [1.165, 1.54) is 11.1 Å². The molecule has 0 saturated carbocycles. The lowest BCUT2D eigenvalue weighted by Gasteiger charge is -2.07. The minimum absolute atomic E-state index is 0.175. The van der Waals surface area contributed by atoms with Crippen LogP contribution in [0.2, 0.25) is 0 Å². The number of aromatic amines is 1. The van der Waals surface area contributed by atoms with Crippen molar-refractivity contribution in [2.75, 3.05) is 7.11 Å². The summed E-state index contributed by atoms with van der Waals surface area (Å²) in [6, 6.07) is 6.33. The molecule has 0 spiro atoms. The zero-order valence-corrected chi connectivity index (χ0v) is 13.4. The second kappa shape index (κ2) is 6.33. The zero-order valence-electron chi connectivity index (χ0n) is 11.8. The van der Waals surface area contributed by atoms with Crippen LogP contribution in [0.1, 0.15) is 28.2 Å². The monoisotopic (exact) mass is 336 g/mol. The Morgan fingerprint density at radius 1 is 1.25 bits per heavy atom. The lowest BCUT2D eigenvalue weighted by Crippen LogP contribution is -2.16. The number of nitrogens with one attached hydrogen (secondary N) is 1. The molecule has 1 heterocycles. The van der Waals surface area contributed by atoms with Gasteiger partial charge in [-0.3, -0.25) is 4.79 Å². The van der Waals surface area contributed by atoms with Crippen molar-refractivity contribution in [2.24, 2.45) is 0 Å². The second-order valence-electron chi connectivity index (χ2n) is 4.88. The second-order valence-corrected chi connectivity index (χ2v) is 5.67. The SMILES string of the molecule is COCc1nc(Cc2cc(C)cc(C)c2)[nH]c(=O)c1Br. The maximum absolute atomic E-state index is 11.9. The zero-order chi connectivity index (χ0) is 14.7. The van der Waals surface area contributed by atoms with Gasteiger partial charge in [-0.05, 0) is 35.3 Å². The van der Waals surface area contributed by atoms with Crippen LogP contribution < -0.4 is 5.56 Å². The number of benzene rings is 1. The van der Waals surface area contributed by atoms with Crippen molar-refractivity contribution in [1.29, 1.82) is 0 Å². The van der Waals surface area contributed by atoms with Crippen LogP contribution in [0.25, 0.3) is 0 Å². The van der Waals surface area contributed by atoms with Gasteiger partial charge in [0.2, 0.25) is 0 Å². The topological polar surface area (TPSA) is 55.0 Å². The molecule has 2 rings (SSSR count). The molecule has 0 fully saturated rings. The van der Waals surface area contributed by atoms with E-state index in [2.05, 4.69) is 57.9 Å². The Labute approximate surface area is 126 Å². The normalized spacial score (nSPS) is 10.8. The number of aryl methyl sites for hydroxylation is 2. The Hall–Kier alpha value is -1.46. The summed E-state index contributed by atoms with van der Waals surface area (Å²) in [7, 11) is 1.58. The van der Waals surface area contributed by atoms with Gasteiger partial charge in [-0.15, -0.1) is 0 Å². The van der Waals surface area contributed by atoms with Crippen LogP contribution in [-0.2, 0) is 17.8 Å². The van der Waals surface area contributed by atoms with Gasteiger partial charge < -0.3 is 9.72 Å². The highest BCUT2D eigenvalue weighted by Crippen LogP contribution is 2.14. The van der Waals surface area contributed by atoms with Crippen molar-refractivity contribution in [3.63, 3.8) is 0 Å². The van der Waals surface area contributed by atoms with E-state index in [0.717, 1.165) is 5.56 Å². The summed E-state index contributed by atoms with van der Waals surface area (Å²) >= 11 is 3.24. The summed E-state index contributed by atoms with van der Waals surface area (Å²) in [4.78, 5) is 19.1. The first-order valence-corrected chi connectivity index (χ1v) is 7.12. The minimum Gasteiger partial charge on any atom is -0.378 e. The Bertz CT molecular complexity index is 660. The molecule has 1 N–H and O–H groups in total. The van der Waals surface area contributed by atoms with Crippen LogP contribution in [-0.4, -0.2) is 17.1 Å². The van der Waals surface area contributed by atoms with Gasteiger partial charge in [-0.2, -0.15) is 0 Å². The van der Waals surface area contributed by atoms with E-state index in [1.54, 1.807) is 7.11 Å². The summed E-state index contributed by atoms with van der Waals surface area (Å²) < 4.78 is 5.50. The summed E-state index contributed by atoms with van der Waals surface area (Å²) in [5, 5.41) is 0. The van der Waals surface area contributed by atoms with Gasteiger partial charge >= 0.3 is 0 Å². The van der Waals surface area contributed by atoms with Crippen LogP contribution in [0.5, 0.6) is 0 Å². The molecular weight excluding hydrogens is 320 g/mol. The lowest BCUT2D eigenvalue weighted by molar-refractivity contribution is 0.180. The van der Waals surface area contributed by atoms with E-state index in [4.69, 9.17) is 4.74 Å². The Kier molecular flexibility index (Phi) is 4.73. The smallest absolute Gasteiger partial charge is 0.265 e. The van der Waals surface area contributed by atoms with E-state index in [-0.39, 0.29) is 5.56 Å². The van der Waals surface area contributed by atoms with Crippen LogP contribution in [0, 0.1) is 13.8 Å². The van der Waals surface area contributed by atoms with E-state index < -0.39 is 0 Å². The van der Waals surface area contributed by atoms with Crippen molar-refractivity contribution < 1.29 is 4.74 Å². The lowest BCUT2D eigenvalue weighted by atomic mass is 10.0. The fourth-order valence-corrected chi connectivity index (χ4v) is 2.54. The molecule has 0 saturated heterocycles. The van der Waals surface area contributed by atoms with Crippen molar-refractivity contribution in [3.8, 4) is 0 Å². The van der Waals surface area contributed by atoms with Crippen molar-refractivity contribution in [2.45, 2.75) is 26.9 Å². The third-order valence-electron chi connectivity index (χ3n) is 2.91. The minimum atomic E-state index is -0.175. The molecule has 106 valence electrons. The third-order valence-corrected chi connectivity index (χ3v) is 3.73. The predicted molar refractivity (Wildman–Crippen MR) is 82.0 cm³/mol. The molecule has 0 bridgehead atoms. The van der Waals surface area contributed by atoms with Gasteiger partial charge in [0.05, 0.1) is 12.3 Å². The summed E-state index contributed by atoms with van der Waals surface area (Å²) in [5.74, 6) is 0.648. The predicted octanol–water partition coefficient (Wildman–Crippen LogP) is 2.89. The average molecular weight is 337 g/mol. The molecule has 4 nitrogen and oxygen atoms in total. The van der Waals surface area contributed by atoms with Gasteiger partial charge in [0.25, 0.3) is 5.56 Å². The number of nitrogens with zero attached hydrogens (tertiary/aromatic N) is 1. The molecular formula is C15H17BrN2O2. The number of halogens is 1. The molecule has 0 unspecified atom stereocenters. The molecule has 1 aromatic carbocycles. The maximum Gasteiger partial charge on any atom is 0.265 e. The number of ether oxygens (including phenoxy) is 1. The van der Waals surface area contributed by atoms with E-state index in [9.17, 15) is 4.79 Å². The average Bonchev–Trinajstić information content (AvgIpc) is 2.34. The first-order valence-electron chi connectivity index (χ1n) is 6.33. The van der Waals surface area contributed by atoms with Crippen LogP contribution >= 0.6 is 15.9 Å². The van der Waals surface area contributed by atoms with Crippen molar-refractivity contribution >= 4 is 15.9 Å². The van der Waals surface area contributed by atoms with Gasteiger partial charge in [0.15, 0.2) is 0 Å². The molecule has 0 aliphatic rings. The number of H-pyrrole nitrogens is 1. The fraction of sp³-hybridized carbons (Fsp3) is 0.333. The Morgan fingerprint density at radius 3 is 2.50 bits per heavy atom. The third kappa shape index (κ3) is 3.55. The van der Waals surface area contributed by atoms with Crippen LogP contribution in [0.4, 0.5) is 0 Å². The van der Waals surface area contributed by atoms with Gasteiger partial charge in [-0.1, -0.05) is 29.3 Å². The molecule has 0 amide bonds. The van der Waals surface area contributed by atoms with Crippen LogP contribution in [0.3, 0.4) is 0 Å². The molecule has 0 radical (unpaired) electrons. The summed E-state index contributed by atoms with van der Waals surface area (Å²) in [6.07, 6.45) is 0.599. The molecule has 2 aromatic rings.